The number of halogens is 1. The van der Waals surface area contributed by atoms with Crippen LogP contribution in [0.3, 0.4) is 0 Å². The molecule has 17 heavy (non-hydrogen) atoms. The highest BCUT2D eigenvalue weighted by Crippen LogP contribution is 2.25. The quantitative estimate of drug-likeness (QED) is 0.812. The molecule has 0 aliphatic heterocycles. The van der Waals surface area contributed by atoms with E-state index < -0.39 is 6.04 Å². The highest BCUT2D eigenvalue weighted by molar-refractivity contribution is 9.10. The van der Waals surface area contributed by atoms with Gasteiger partial charge in [-0.25, -0.2) is 4.98 Å². The Morgan fingerprint density at radius 2 is 2.29 bits per heavy atom. The Kier molecular flexibility index (Phi) is 3.61. The fraction of sp³-hybridized carbons (Fsp3) is 0.250. The molecule has 2 rings (SSSR count). The molecule has 0 spiro atoms. The van der Waals surface area contributed by atoms with Gasteiger partial charge in [-0.05, 0) is 19.1 Å². The number of hydrogen-bond acceptors (Lipinski definition) is 3. The minimum atomic E-state index is -0.463. The molecule has 2 aromatic rings. The molecule has 1 unspecified atom stereocenters. The molecule has 1 aromatic heterocycles. The van der Waals surface area contributed by atoms with Crippen LogP contribution in [0.5, 0.6) is 0 Å². The summed E-state index contributed by atoms with van der Waals surface area (Å²) >= 11 is 3.43. The van der Waals surface area contributed by atoms with Crippen molar-refractivity contribution in [2.45, 2.75) is 13.0 Å². The van der Waals surface area contributed by atoms with Crippen molar-refractivity contribution in [3.63, 3.8) is 0 Å². The van der Waals surface area contributed by atoms with Crippen LogP contribution in [0.4, 0.5) is 0 Å². The van der Waals surface area contributed by atoms with Gasteiger partial charge in [0, 0.05) is 15.7 Å². The largest absolute Gasteiger partial charge is 0.394 e. The average molecular weight is 296 g/mol. The lowest BCUT2D eigenvalue weighted by molar-refractivity contribution is 0.264. The molecule has 0 fully saturated rings. The van der Waals surface area contributed by atoms with Crippen molar-refractivity contribution in [2.75, 3.05) is 6.61 Å². The number of H-pyrrole nitrogens is 1. The third kappa shape index (κ3) is 2.57. The fourth-order valence-corrected chi connectivity index (χ4v) is 2.06. The zero-order valence-corrected chi connectivity index (χ0v) is 11.0. The maximum absolute atomic E-state index is 9.01. The summed E-state index contributed by atoms with van der Waals surface area (Å²) in [6, 6.07) is 7.44. The van der Waals surface area contributed by atoms with Crippen molar-refractivity contribution < 1.29 is 5.11 Å². The van der Waals surface area contributed by atoms with Crippen molar-refractivity contribution in [3.8, 4) is 11.3 Å². The number of aliphatic hydroxyl groups excluding tert-OH is 1. The summed E-state index contributed by atoms with van der Waals surface area (Å²) in [5.74, 6) is 0.611. The van der Waals surface area contributed by atoms with Crippen LogP contribution in [0.25, 0.3) is 11.3 Å². The number of nitrogens with one attached hydrogen (secondary N) is 1. The first kappa shape index (κ1) is 12.3. The van der Waals surface area contributed by atoms with E-state index in [9.17, 15) is 0 Å². The van der Waals surface area contributed by atoms with E-state index in [1.54, 1.807) is 0 Å². The van der Waals surface area contributed by atoms with Crippen molar-refractivity contribution in [1.29, 1.82) is 0 Å². The first-order valence-corrected chi connectivity index (χ1v) is 6.10. The van der Waals surface area contributed by atoms with Crippen LogP contribution in [0.15, 0.2) is 28.7 Å². The SMILES string of the molecule is Cc1[nH]c(C(N)CO)nc1-c1cccc(Br)c1. The van der Waals surface area contributed by atoms with E-state index in [1.165, 1.54) is 0 Å². The minimum absolute atomic E-state index is 0.120. The normalized spacial score (nSPS) is 12.7. The van der Waals surface area contributed by atoms with Gasteiger partial charge in [0.1, 0.15) is 5.82 Å². The predicted octanol–water partition coefficient (Wildman–Crippen LogP) is 2.14. The van der Waals surface area contributed by atoms with Crippen LogP contribution in [-0.2, 0) is 0 Å². The van der Waals surface area contributed by atoms with Gasteiger partial charge in [0.25, 0.3) is 0 Å². The molecule has 1 atom stereocenters. The Morgan fingerprint density at radius 3 is 2.94 bits per heavy atom. The maximum Gasteiger partial charge on any atom is 0.126 e. The highest BCUT2D eigenvalue weighted by atomic mass is 79.9. The molecule has 0 amide bonds. The van der Waals surface area contributed by atoms with E-state index in [-0.39, 0.29) is 6.61 Å². The number of aryl methyl sites for hydroxylation is 1. The Hall–Kier alpha value is -1.17. The number of aromatic nitrogens is 2. The number of hydrogen-bond donors (Lipinski definition) is 3. The van der Waals surface area contributed by atoms with Crippen molar-refractivity contribution >= 4 is 15.9 Å². The van der Waals surface area contributed by atoms with Gasteiger partial charge < -0.3 is 15.8 Å². The molecule has 90 valence electrons. The number of nitrogens with two attached hydrogens (primary N) is 1. The summed E-state index contributed by atoms with van der Waals surface area (Å²) in [5.41, 5.74) is 8.56. The standard InChI is InChI=1S/C12H14BrN3O/c1-7-11(8-3-2-4-9(13)5-8)16-12(15-7)10(14)6-17/h2-5,10,17H,6,14H2,1H3,(H,15,16). The second-order valence-corrected chi connectivity index (χ2v) is 4.81. The van der Waals surface area contributed by atoms with Gasteiger partial charge in [0.05, 0.1) is 18.3 Å². The summed E-state index contributed by atoms with van der Waals surface area (Å²) < 4.78 is 1.01. The number of rotatable bonds is 3. The van der Waals surface area contributed by atoms with E-state index in [4.69, 9.17) is 10.8 Å². The molecular formula is C12H14BrN3O. The van der Waals surface area contributed by atoms with Crippen LogP contribution in [0.2, 0.25) is 0 Å². The summed E-state index contributed by atoms with van der Waals surface area (Å²) in [4.78, 5) is 7.53. The minimum Gasteiger partial charge on any atom is -0.394 e. The topological polar surface area (TPSA) is 74.9 Å². The summed E-state index contributed by atoms with van der Waals surface area (Å²) in [5, 5.41) is 9.01. The molecule has 0 aliphatic rings. The first-order valence-electron chi connectivity index (χ1n) is 5.30. The van der Waals surface area contributed by atoms with Crippen molar-refractivity contribution in [2.24, 2.45) is 5.73 Å². The summed E-state index contributed by atoms with van der Waals surface area (Å²) in [7, 11) is 0. The number of nitrogens with zero attached hydrogens (tertiary/aromatic N) is 1. The highest BCUT2D eigenvalue weighted by Gasteiger charge is 2.13. The lowest BCUT2D eigenvalue weighted by Crippen LogP contribution is -2.16. The van der Waals surface area contributed by atoms with Gasteiger partial charge in [-0.1, -0.05) is 28.1 Å². The van der Waals surface area contributed by atoms with Crippen molar-refractivity contribution in [1.82, 2.24) is 9.97 Å². The zero-order valence-electron chi connectivity index (χ0n) is 9.44. The molecule has 0 radical (unpaired) electrons. The third-order valence-corrected chi connectivity index (χ3v) is 3.04. The van der Waals surface area contributed by atoms with Gasteiger partial charge >= 0.3 is 0 Å². The van der Waals surface area contributed by atoms with E-state index in [1.807, 2.05) is 31.2 Å². The van der Waals surface area contributed by atoms with E-state index in [0.29, 0.717) is 5.82 Å². The summed E-state index contributed by atoms with van der Waals surface area (Å²) in [6.45, 7) is 1.82. The fourth-order valence-electron chi connectivity index (χ4n) is 1.66. The Balaban J connectivity index is 2.42. The molecule has 0 saturated carbocycles. The Morgan fingerprint density at radius 1 is 1.53 bits per heavy atom. The number of aliphatic hydroxyl groups is 1. The molecule has 0 bridgehead atoms. The Labute approximate surface area is 108 Å². The zero-order chi connectivity index (χ0) is 12.4. The second kappa shape index (κ2) is 5.00. The lowest BCUT2D eigenvalue weighted by Gasteiger charge is -2.02. The number of aromatic amines is 1. The van der Waals surface area contributed by atoms with Gasteiger partial charge in [-0.2, -0.15) is 0 Å². The average Bonchev–Trinajstić information content (AvgIpc) is 2.70. The van der Waals surface area contributed by atoms with E-state index in [0.717, 1.165) is 21.4 Å². The predicted molar refractivity (Wildman–Crippen MR) is 70.5 cm³/mol. The molecular weight excluding hydrogens is 282 g/mol. The molecule has 1 aromatic carbocycles. The van der Waals surface area contributed by atoms with Crippen LogP contribution in [0.1, 0.15) is 17.6 Å². The summed E-state index contributed by atoms with van der Waals surface area (Å²) in [6.07, 6.45) is 0. The lowest BCUT2D eigenvalue weighted by atomic mass is 10.1. The first-order chi connectivity index (χ1) is 8.11. The van der Waals surface area contributed by atoms with Crippen LogP contribution in [0, 0.1) is 6.92 Å². The third-order valence-electron chi connectivity index (χ3n) is 2.55. The second-order valence-electron chi connectivity index (χ2n) is 3.90. The van der Waals surface area contributed by atoms with Gasteiger partial charge in [0.2, 0.25) is 0 Å². The molecule has 0 saturated heterocycles. The molecule has 0 aliphatic carbocycles. The van der Waals surface area contributed by atoms with Gasteiger partial charge in [0.15, 0.2) is 0 Å². The monoisotopic (exact) mass is 295 g/mol. The number of imidazole rings is 1. The van der Waals surface area contributed by atoms with Crippen molar-refractivity contribution in [3.05, 3.63) is 40.3 Å². The number of benzene rings is 1. The maximum atomic E-state index is 9.01. The van der Waals surface area contributed by atoms with Gasteiger partial charge in [-0.15, -0.1) is 0 Å². The molecule has 4 N–H and O–H groups in total. The van der Waals surface area contributed by atoms with E-state index >= 15 is 0 Å². The van der Waals surface area contributed by atoms with Crippen LogP contribution in [-0.4, -0.2) is 21.7 Å². The molecule has 1 heterocycles. The molecule has 5 heteroatoms. The van der Waals surface area contributed by atoms with Crippen LogP contribution < -0.4 is 5.73 Å². The molecule has 4 nitrogen and oxygen atoms in total. The van der Waals surface area contributed by atoms with Gasteiger partial charge in [-0.3, -0.25) is 0 Å². The smallest absolute Gasteiger partial charge is 0.126 e. The van der Waals surface area contributed by atoms with E-state index in [2.05, 4.69) is 25.9 Å². The van der Waals surface area contributed by atoms with Crippen LogP contribution >= 0.6 is 15.9 Å². The Bertz CT molecular complexity index is 524.